The topological polar surface area (TPSA) is 53.9 Å². The van der Waals surface area contributed by atoms with Crippen LogP contribution in [-0.2, 0) is 19.3 Å². The van der Waals surface area contributed by atoms with Gasteiger partial charge in [0.1, 0.15) is 5.82 Å². The molecule has 0 bridgehead atoms. The average Bonchev–Trinajstić information content (AvgIpc) is 2.84. The maximum atomic E-state index is 14.4. The summed E-state index contributed by atoms with van der Waals surface area (Å²) >= 11 is 11.6. The number of rotatable bonds is 6. The lowest BCUT2D eigenvalue weighted by Gasteiger charge is -2.11. The van der Waals surface area contributed by atoms with Gasteiger partial charge in [-0.05, 0) is 63.3 Å². The Morgan fingerprint density at radius 3 is 2.84 bits per heavy atom. The molecule has 0 unspecified atom stereocenters. The number of fused-ring (bicyclic) bond motifs is 3. The molecule has 0 fully saturated rings. The minimum atomic E-state index is -0.482. The van der Waals surface area contributed by atoms with Gasteiger partial charge in [0.2, 0.25) is 5.95 Å². The van der Waals surface area contributed by atoms with Crippen LogP contribution in [0.1, 0.15) is 28.9 Å². The van der Waals surface area contributed by atoms with Crippen LogP contribution in [0.5, 0.6) is 0 Å². The largest absolute Gasteiger partial charge is 0.349 e. The van der Waals surface area contributed by atoms with E-state index in [4.69, 9.17) is 28.8 Å². The highest BCUT2D eigenvalue weighted by atomic mass is 35.5. The number of nitrogens with one attached hydrogen (secondary N) is 1. The van der Waals surface area contributed by atoms with Crippen LogP contribution in [0.25, 0.3) is 11.3 Å². The van der Waals surface area contributed by atoms with E-state index in [2.05, 4.69) is 20.2 Å². The van der Waals surface area contributed by atoms with E-state index >= 15 is 0 Å². The Labute approximate surface area is 191 Å². The number of anilines is 1. The molecule has 3 heterocycles. The number of thiocarbonyl (C=S) groups is 1. The third kappa shape index (κ3) is 5.23. The molecule has 31 heavy (non-hydrogen) atoms. The van der Waals surface area contributed by atoms with E-state index in [1.54, 1.807) is 12.4 Å². The van der Waals surface area contributed by atoms with Crippen LogP contribution in [0.15, 0.2) is 36.7 Å². The van der Waals surface area contributed by atoms with E-state index in [0.717, 1.165) is 47.5 Å². The third-order valence-electron chi connectivity index (χ3n) is 5.16. The maximum absolute atomic E-state index is 14.4. The van der Waals surface area contributed by atoms with Crippen molar-refractivity contribution in [1.29, 1.82) is 0 Å². The van der Waals surface area contributed by atoms with Crippen molar-refractivity contribution < 1.29 is 4.39 Å². The number of pyridine rings is 1. The summed E-state index contributed by atoms with van der Waals surface area (Å²) in [4.78, 5) is 16.0. The van der Waals surface area contributed by atoms with Crippen molar-refractivity contribution in [2.24, 2.45) is 0 Å². The lowest BCUT2D eigenvalue weighted by Crippen LogP contribution is -2.13. The Bertz CT molecular complexity index is 1130. The van der Waals surface area contributed by atoms with Crippen molar-refractivity contribution >= 4 is 34.5 Å². The maximum Gasteiger partial charge on any atom is 0.216 e. The van der Waals surface area contributed by atoms with Crippen LogP contribution < -0.4 is 5.32 Å². The molecule has 1 N–H and O–H groups in total. The third-order valence-corrected chi connectivity index (χ3v) is 5.65. The number of hydrogen-bond donors (Lipinski definition) is 1. The lowest BCUT2D eigenvalue weighted by molar-refractivity contribution is 0.400. The van der Waals surface area contributed by atoms with Gasteiger partial charge in [0.05, 0.1) is 10.7 Å². The van der Waals surface area contributed by atoms with E-state index in [9.17, 15) is 4.39 Å². The number of aryl methyl sites for hydroxylation is 1. The molecule has 0 aliphatic carbocycles. The summed E-state index contributed by atoms with van der Waals surface area (Å²) in [6.45, 7) is 0.972. The fourth-order valence-electron chi connectivity index (χ4n) is 3.66. The Balaban J connectivity index is 1.63. The van der Waals surface area contributed by atoms with E-state index in [0.29, 0.717) is 27.8 Å². The summed E-state index contributed by atoms with van der Waals surface area (Å²) in [6, 6.07) is 7.45. The zero-order valence-electron chi connectivity index (χ0n) is 17.5. The zero-order valence-corrected chi connectivity index (χ0v) is 19.0. The monoisotopic (exact) mass is 455 g/mol. The first-order chi connectivity index (χ1) is 14.9. The summed E-state index contributed by atoms with van der Waals surface area (Å²) in [6.07, 6.45) is 6.03. The zero-order chi connectivity index (χ0) is 22.0. The van der Waals surface area contributed by atoms with Gasteiger partial charge in [-0.1, -0.05) is 23.8 Å². The van der Waals surface area contributed by atoms with Crippen molar-refractivity contribution in [2.75, 3.05) is 26.0 Å². The van der Waals surface area contributed by atoms with E-state index < -0.39 is 5.95 Å². The highest BCUT2D eigenvalue weighted by Gasteiger charge is 2.20. The number of halogens is 2. The van der Waals surface area contributed by atoms with Gasteiger partial charge in [-0.15, -0.1) is 0 Å². The number of nitrogens with zero attached hydrogens (tertiary/aromatic N) is 4. The number of aromatic nitrogens is 3. The van der Waals surface area contributed by atoms with Crippen LogP contribution in [0.4, 0.5) is 10.1 Å². The molecule has 0 saturated carbocycles. The molecule has 1 aliphatic rings. The van der Waals surface area contributed by atoms with Crippen LogP contribution in [0.2, 0.25) is 5.02 Å². The highest BCUT2D eigenvalue weighted by Crippen LogP contribution is 2.34. The fraction of sp³-hybridized carbons (Fsp3) is 0.304. The smallest absolute Gasteiger partial charge is 0.216 e. The summed E-state index contributed by atoms with van der Waals surface area (Å²) in [5.74, 6) is 0.0588. The molecule has 4 rings (SSSR count). The molecular weight excluding hydrogens is 433 g/mol. The highest BCUT2D eigenvalue weighted by molar-refractivity contribution is 7.80. The second-order valence-electron chi connectivity index (χ2n) is 7.95. The SMILES string of the molecule is CN(C)CCCc1cnc(F)c(Cc2ncc3c(n2)-c2ccc(Cl)cc2NC(=S)C3)c1. The molecule has 0 spiro atoms. The molecule has 0 radical (unpaired) electrons. The molecule has 0 saturated heterocycles. The Morgan fingerprint density at radius 1 is 1.19 bits per heavy atom. The first kappa shape index (κ1) is 21.7. The summed E-state index contributed by atoms with van der Waals surface area (Å²) in [7, 11) is 4.08. The Kier molecular flexibility index (Phi) is 6.55. The van der Waals surface area contributed by atoms with Gasteiger partial charge in [0.15, 0.2) is 0 Å². The predicted octanol–water partition coefficient (Wildman–Crippen LogP) is 4.71. The van der Waals surface area contributed by atoms with Crippen molar-refractivity contribution in [3.05, 3.63) is 70.1 Å². The van der Waals surface area contributed by atoms with Gasteiger partial charge in [-0.25, -0.2) is 15.0 Å². The quantitative estimate of drug-likeness (QED) is 0.429. The standard InChI is InChI=1S/C23H23ClFN5S/c1-30(2)7-3-4-14-8-15(23(25)27-12-14)9-20-26-13-16-10-21(31)28-19-11-17(24)5-6-18(19)22(16)29-20/h5-6,8,11-13H,3-4,7,9-10H2,1-2H3,(H,28,31). The Morgan fingerprint density at radius 2 is 2.03 bits per heavy atom. The molecule has 0 amide bonds. The minimum Gasteiger partial charge on any atom is -0.349 e. The number of benzene rings is 1. The predicted molar refractivity (Wildman–Crippen MR) is 126 cm³/mol. The molecular formula is C23H23ClFN5S. The van der Waals surface area contributed by atoms with Gasteiger partial charge >= 0.3 is 0 Å². The molecule has 3 aromatic rings. The second kappa shape index (κ2) is 9.34. The van der Waals surface area contributed by atoms with Crippen LogP contribution in [0, 0.1) is 5.95 Å². The molecule has 160 valence electrons. The van der Waals surface area contributed by atoms with Gasteiger partial charge < -0.3 is 10.2 Å². The molecule has 5 nitrogen and oxygen atoms in total. The van der Waals surface area contributed by atoms with Crippen LogP contribution in [-0.4, -0.2) is 45.5 Å². The molecule has 0 atom stereocenters. The Hall–Kier alpha value is -2.48. The van der Waals surface area contributed by atoms with Crippen LogP contribution >= 0.6 is 23.8 Å². The summed E-state index contributed by atoms with van der Waals surface area (Å²) in [5.41, 5.74) is 4.96. The van der Waals surface area contributed by atoms with E-state index in [1.165, 1.54) is 0 Å². The average molecular weight is 456 g/mol. The van der Waals surface area contributed by atoms with Crippen molar-refractivity contribution in [3.8, 4) is 11.3 Å². The van der Waals surface area contributed by atoms with Crippen LogP contribution in [0.3, 0.4) is 0 Å². The summed E-state index contributed by atoms with van der Waals surface area (Å²) < 4.78 is 14.4. The molecule has 2 aromatic heterocycles. The van der Waals surface area contributed by atoms with Gasteiger partial charge in [-0.2, -0.15) is 4.39 Å². The van der Waals surface area contributed by atoms with Crippen molar-refractivity contribution in [3.63, 3.8) is 0 Å². The van der Waals surface area contributed by atoms with Crippen molar-refractivity contribution in [2.45, 2.75) is 25.7 Å². The first-order valence-corrected chi connectivity index (χ1v) is 10.9. The van der Waals surface area contributed by atoms with Crippen molar-refractivity contribution in [1.82, 2.24) is 19.9 Å². The van der Waals surface area contributed by atoms with Gasteiger partial charge in [-0.3, -0.25) is 0 Å². The van der Waals surface area contributed by atoms with Gasteiger partial charge in [0, 0.05) is 52.6 Å². The molecule has 1 aliphatic heterocycles. The fourth-order valence-corrected chi connectivity index (χ4v) is 4.10. The first-order valence-electron chi connectivity index (χ1n) is 10.1. The minimum absolute atomic E-state index is 0.272. The van der Waals surface area contributed by atoms with E-state index in [1.807, 2.05) is 38.4 Å². The number of hydrogen-bond acceptors (Lipinski definition) is 5. The summed E-state index contributed by atoms with van der Waals surface area (Å²) in [5, 5.41) is 3.85. The molecule has 1 aromatic carbocycles. The normalized spacial score (nSPS) is 12.9. The second-order valence-corrected chi connectivity index (χ2v) is 8.88. The van der Waals surface area contributed by atoms with Gasteiger partial charge in [0.25, 0.3) is 0 Å². The van der Waals surface area contributed by atoms with E-state index in [-0.39, 0.29) is 6.42 Å². The lowest BCUT2D eigenvalue weighted by atomic mass is 10.0. The molecule has 8 heteroatoms.